The predicted molar refractivity (Wildman–Crippen MR) is 215 cm³/mol. The Bertz CT molecular complexity index is 897. The minimum Gasteiger partial charge on any atom is -0.462 e. The quantitative estimate of drug-likeness (QED) is 0.0273. The number of hydrogen-bond acceptors (Lipinski definition) is 10. The van der Waals surface area contributed by atoms with Crippen molar-refractivity contribution in [2.45, 2.75) is 237 Å². The van der Waals surface area contributed by atoms with Crippen LogP contribution in [-0.2, 0) is 28.5 Å². The van der Waals surface area contributed by atoms with E-state index >= 15 is 0 Å². The lowest BCUT2D eigenvalue weighted by atomic mass is 9.99. The molecule has 10 nitrogen and oxygen atoms in total. The molecule has 0 radical (unpaired) electrons. The van der Waals surface area contributed by atoms with Crippen molar-refractivity contribution in [2.75, 3.05) is 19.8 Å². The van der Waals surface area contributed by atoms with Crippen molar-refractivity contribution in [3.8, 4) is 0 Å². The number of ether oxygens (including phenoxy) is 4. The molecule has 0 spiro atoms. The van der Waals surface area contributed by atoms with Crippen LogP contribution in [0.25, 0.3) is 0 Å². The van der Waals surface area contributed by atoms with E-state index in [0.29, 0.717) is 6.42 Å². The molecule has 10 heteroatoms. The van der Waals surface area contributed by atoms with Crippen molar-refractivity contribution in [3.63, 3.8) is 0 Å². The number of carbonyl (C=O) groups is 2. The average Bonchev–Trinajstić information content (AvgIpc) is 3.17. The molecule has 0 bridgehead atoms. The second-order valence-electron chi connectivity index (χ2n) is 15.5. The zero-order chi connectivity index (χ0) is 39.5. The summed E-state index contributed by atoms with van der Waals surface area (Å²) in [7, 11) is 0. The lowest BCUT2D eigenvalue weighted by Crippen LogP contribution is -2.59. The van der Waals surface area contributed by atoms with Gasteiger partial charge in [-0.05, 0) is 38.5 Å². The first-order chi connectivity index (χ1) is 26.3. The molecule has 2 unspecified atom stereocenters. The van der Waals surface area contributed by atoms with Gasteiger partial charge in [0.15, 0.2) is 12.4 Å². The molecule has 1 heterocycles. The van der Waals surface area contributed by atoms with E-state index < -0.39 is 49.4 Å². The van der Waals surface area contributed by atoms with Gasteiger partial charge in [0, 0.05) is 12.8 Å². The number of unbranched alkanes of at least 4 members (excludes halogenated alkanes) is 24. The van der Waals surface area contributed by atoms with Crippen LogP contribution in [0.3, 0.4) is 0 Å². The van der Waals surface area contributed by atoms with E-state index in [0.717, 1.165) is 44.9 Å². The highest BCUT2D eigenvalue weighted by atomic mass is 16.7. The van der Waals surface area contributed by atoms with E-state index in [1.165, 1.54) is 122 Å². The molecular weight excluding hydrogens is 688 g/mol. The van der Waals surface area contributed by atoms with Gasteiger partial charge in [-0.3, -0.25) is 9.59 Å². The number of allylic oxidation sites excluding steroid dienone is 2. The first kappa shape index (κ1) is 50.5. The Kier molecular flexibility index (Phi) is 33.5. The normalized spacial score (nSPS) is 20.7. The van der Waals surface area contributed by atoms with E-state index in [4.69, 9.17) is 18.9 Å². The van der Waals surface area contributed by atoms with Crippen LogP contribution in [0.2, 0.25) is 0 Å². The molecule has 0 aliphatic carbocycles. The highest BCUT2D eigenvalue weighted by Crippen LogP contribution is 2.23. The topological polar surface area (TPSA) is 152 Å². The lowest BCUT2D eigenvalue weighted by Gasteiger charge is -2.39. The number of esters is 2. The van der Waals surface area contributed by atoms with Crippen LogP contribution >= 0.6 is 0 Å². The van der Waals surface area contributed by atoms with Crippen molar-refractivity contribution in [1.29, 1.82) is 0 Å². The Morgan fingerprint density at radius 1 is 0.556 bits per heavy atom. The van der Waals surface area contributed by atoms with Crippen molar-refractivity contribution < 1.29 is 49.0 Å². The molecule has 0 saturated carbocycles. The molecule has 6 atom stereocenters. The molecule has 318 valence electrons. The first-order valence-electron chi connectivity index (χ1n) is 22.3. The zero-order valence-electron chi connectivity index (χ0n) is 34.5. The SMILES string of the molecule is CCCCCCCC/C=C/CCCCCC(=O)O[C@@H](COC(=O)CCCCCCCCCCCCCCCCCC)CO[C@H]1O[C@@H](CO)[C@@H](O)C(O)C1O. The maximum absolute atomic E-state index is 12.7. The molecule has 54 heavy (non-hydrogen) atoms. The highest BCUT2D eigenvalue weighted by Gasteiger charge is 2.44. The van der Waals surface area contributed by atoms with Gasteiger partial charge in [-0.2, -0.15) is 0 Å². The standard InChI is InChI=1S/C44H82O10/c1-3-5-7-9-11-13-15-17-18-19-21-22-24-26-28-30-32-39(46)51-35-37(36-52-44-43(50)42(49)41(48)38(34-45)54-44)53-40(47)33-31-29-27-25-23-20-16-14-12-10-8-6-4-2/h20,23,37-38,41-45,48-50H,3-19,21-22,24-36H2,1-2H3/b23-20+/t37-,38-,41+,42?,43?,44-/m0/s1. The summed E-state index contributed by atoms with van der Waals surface area (Å²) in [5, 5.41) is 40.0. The number of aliphatic hydroxyl groups excluding tert-OH is 4. The molecular formula is C44H82O10. The zero-order valence-corrected chi connectivity index (χ0v) is 34.5. The smallest absolute Gasteiger partial charge is 0.306 e. The minimum absolute atomic E-state index is 0.213. The molecule has 0 aromatic carbocycles. The molecule has 1 aliphatic heterocycles. The van der Waals surface area contributed by atoms with Gasteiger partial charge in [0.05, 0.1) is 13.2 Å². The monoisotopic (exact) mass is 771 g/mol. The van der Waals surface area contributed by atoms with Crippen molar-refractivity contribution in [2.24, 2.45) is 0 Å². The molecule has 0 aromatic heterocycles. The number of carbonyl (C=O) groups excluding carboxylic acids is 2. The van der Waals surface area contributed by atoms with E-state index in [2.05, 4.69) is 26.0 Å². The second-order valence-corrected chi connectivity index (χ2v) is 15.5. The van der Waals surface area contributed by atoms with Gasteiger partial charge in [0.1, 0.15) is 31.0 Å². The van der Waals surface area contributed by atoms with Crippen molar-refractivity contribution in [3.05, 3.63) is 12.2 Å². The van der Waals surface area contributed by atoms with Gasteiger partial charge in [-0.25, -0.2) is 0 Å². The minimum atomic E-state index is -1.59. The molecule has 4 N–H and O–H groups in total. The van der Waals surface area contributed by atoms with Gasteiger partial charge in [0.25, 0.3) is 0 Å². The number of rotatable bonds is 37. The van der Waals surface area contributed by atoms with Crippen LogP contribution < -0.4 is 0 Å². The summed E-state index contributed by atoms with van der Waals surface area (Å²) in [4.78, 5) is 25.3. The van der Waals surface area contributed by atoms with Gasteiger partial charge in [0.2, 0.25) is 0 Å². The first-order valence-corrected chi connectivity index (χ1v) is 22.3. The summed E-state index contributed by atoms with van der Waals surface area (Å²) in [5.74, 6) is -0.816. The Morgan fingerprint density at radius 2 is 0.981 bits per heavy atom. The summed E-state index contributed by atoms with van der Waals surface area (Å²) in [6.45, 7) is 3.41. The van der Waals surface area contributed by atoms with E-state index in [-0.39, 0.29) is 32.0 Å². The molecule has 1 aliphatic rings. The third kappa shape index (κ3) is 27.1. The summed E-state index contributed by atoms with van der Waals surface area (Å²) in [5.41, 5.74) is 0. The highest BCUT2D eigenvalue weighted by molar-refractivity contribution is 5.70. The van der Waals surface area contributed by atoms with Gasteiger partial charge < -0.3 is 39.4 Å². The second kappa shape index (κ2) is 35.8. The summed E-state index contributed by atoms with van der Waals surface area (Å²) in [6.07, 6.45) is 29.3. The molecule has 0 aromatic rings. The summed E-state index contributed by atoms with van der Waals surface area (Å²) >= 11 is 0. The molecule has 1 rings (SSSR count). The fraction of sp³-hybridized carbons (Fsp3) is 0.909. The van der Waals surface area contributed by atoms with E-state index in [1.54, 1.807) is 0 Å². The maximum atomic E-state index is 12.7. The Hall–Kier alpha value is -1.56. The van der Waals surface area contributed by atoms with Gasteiger partial charge in [-0.15, -0.1) is 0 Å². The maximum Gasteiger partial charge on any atom is 0.306 e. The van der Waals surface area contributed by atoms with Crippen LogP contribution in [0, 0.1) is 0 Å². The average molecular weight is 771 g/mol. The molecule has 1 saturated heterocycles. The van der Waals surface area contributed by atoms with E-state index in [1.807, 2.05) is 0 Å². The van der Waals surface area contributed by atoms with E-state index in [9.17, 15) is 30.0 Å². The van der Waals surface area contributed by atoms with Crippen LogP contribution in [0.15, 0.2) is 12.2 Å². The predicted octanol–water partition coefficient (Wildman–Crippen LogP) is 9.17. The van der Waals surface area contributed by atoms with Crippen LogP contribution in [0.4, 0.5) is 0 Å². The fourth-order valence-corrected chi connectivity index (χ4v) is 6.83. The fourth-order valence-electron chi connectivity index (χ4n) is 6.83. The van der Waals surface area contributed by atoms with Gasteiger partial charge in [-0.1, -0.05) is 161 Å². The lowest BCUT2D eigenvalue weighted by molar-refractivity contribution is -0.305. The largest absolute Gasteiger partial charge is 0.462 e. The Labute approximate surface area is 329 Å². The van der Waals surface area contributed by atoms with Gasteiger partial charge >= 0.3 is 11.9 Å². The number of hydrogen-bond donors (Lipinski definition) is 4. The van der Waals surface area contributed by atoms with Crippen LogP contribution in [0.5, 0.6) is 0 Å². The molecule has 1 fully saturated rings. The van der Waals surface area contributed by atoms with Crippen LogP contribution in [-0.4, -0.2) is 89.0 Å². The summed E-state index contributed by atoms with van der Waals surface area (Å²) in [6, 6.07) is 0. The molecule has 0 amide bonds. The third-order valence-corrected chi connectivity index (χ3v) is 10.4. The van der Waals surface area contributed by atoms with Crippen LogP contribution in [0.1, 0.15) is 200 Å². The Morgan fingerprint density at radius 3 is 1.46 bits per heavy atom. The Balaban J connectivity index is 2.33. The van der Waals surface area contributed by atoms with Crippen molar-refractivity contribution >= 4 is 11.9 Å². The summed E-state index contributed by atoms with van der Waals surface area (Å²) < 4.78 is 22.1. The third-order valence-electron chi connectivity index (χ3n) is 10.4. The number of aliphatic hydroxyl groups is 4. The van der Waals surface area contributed by atoms with Crippen molar-refractivity contribution in [1.82, 2.24) is 0 Å².